The van der Waals surface area contributed by atoms with E-state index in [-0.39, 0.29) is 20.1 Å². The Balaban J connectivity index is 0.000000156. The fourth-order valence-corrected chi connectivity index (χ4v) is 3.62. The minimum absolute atomic E-state index is 0. The van der Waals surface area contributed by atoms with Crippen LogP contribution in [0, 0.1) is 18.2 Å². The molecule has 3 aromatic heterocycles. The van der Waals surface area contributed by atoms with Crippen molar-refractivity contribution in [3.05, 3.63) is 163 Å². The minimum Gasteiger partial charge on any atom is -0.305 e. The zero-order chi connectivity index (χ0) is 25.5. The van der Waals surface area contributed by atoms with E-state index in [0.717, 1.165) is 38.2 Å². The fraction of sp³-hybridized carbons (Fsp3) is 0. The molecule has 0 atom stereocenters. The van der Waals surface area contributed by atoms with Gasteiger partial charge in [0.1, 0.15) is 0 Å². The minimum atomic E-state index is 0. The second-order valence-electron chi connectivity index (χ2n) is 7.62. The summed E-state index contributed by atoms with van der Waals surface area (Å²) in [4.78, 5) is 12.7. The monoisotopic (exact) mass is 733 g/mol. The summed E-state index contributed by atoms with van der Waals surface area (Å²) in [6.45, 7) is 0. The van der Waals surface area contributed by atoms with Crippen molar-refractivity contribution in [3.8, 4) is 33.8 Å². The van der Waals surface area contributed by atoms with E-state index in [1.807, 2.05) is 121 Å². The number of rotatable bonds is 3. The first-order valence-electron chi connectivity index (χ1n) is 11.6. The van der Waals surface area contributed by atoms with Gasteiger partial charge in [0.25, 0.3) is 0 Å². The van der Waals surface area contributed by atoms with Crippen LogP contribution in [-0.4, -0.2) is 15.0 Å². The molecule has 0 fully saturated rings. The van der Waals surface area contributed by atoms with Gasteiger partial charge in [0, 0.05) is 18.6 Å². The van der Waals surface area contributed by atoms with Crippen LogP contribution in [0.2, 0.25) is 0 Å². The summed E-state index contributed by atoms with van der Waals surface area (Å²) in [5.74, 6) is 0. The van der Waals surface area contributed by atoms with Gasteiger partial charge in [0.2, 0.25) is 0 Å². The van der Waals surface area contributed by atoms with Crippen molar-refractivity contribution in [2.75, 3.05) is 0 Å². The first-order valence-corrected chi connectivity index (χ1v) is 12.4. The molecular formula is C33H23BrIrN3. The van der Waals surface area contributed by atoms with Crippen molar-refractivity contribution in [1.82, 2.24) is 15.0 Å². The maximum atomic E-state index is 4.24. The van der Waals surface area contributed by atoms with Gasteiger partial charge in [-0.25, -0.2) is 0 Å². The van der Waals surface area contributed by atoms with E-state index >= 15 is 0 Å². The van der Waals surface area contributed by atoms with Crippen LogP contribution in [0.25, 0.3) is 33.8 Å². The van der Waals surface area contributed by atoms with E-state index in [1.54, 1.807) is 18.6 Å². The van der Waals surface area contributed by atoms with E-state index in [4.69, 9.17) is 0 Å². The topological polar surface area (TPSA) is 38.7 Å². The normalized spacial score (nSPS) is 9.50. The quantitative estimate of drug-likeness (QED) is 0.172. The van der Waals surface area contributed by atoms with Crippen LogP contribution < -0.4 is 0 Å². The first kappa shape index (κ1) is 28.8. The zero-order valence-corrected chi connectivity index (χ0v) is 24.3. The van der Waals surface area contributed by atoms with E-state index in [1.165, 1.54) is 0 Å². The largest absolute Gasteiger partial charge is 3.00 e. The fourth-order valence-electron chi connectivity index (χ4n) is 3.26. The average Bonchev–Trinajstić information content (AvgIpc) is 3.00. The molecule has 0 aliphatic rings. The molecule has 0 N–H and O–H groups in total. The van der Waals surface area contributed by atoms with Crippen molar-refractivity contribution < 1.29 is 20.1 Å². The molecule has 0 unspecified atom stereocenters. The number of pyridine rings is 3. The van der Waals surface area contributed by atoms with E-state index in [0.29, 0.717) is 0 Å². The van der Waals surface area contributed by atoms with Crippen molar-refractivity contribution in [2.24, 2.45) is 0 Å². The van der Waals surface area contributed by atoms with Gasteiger partial charge in [-0.3, -0.25) is 0 Å². The third kappa shape index (κ3) is 9.28. The molecular weight excluding hydrogens is 711 g/mol. The molecule has 0 spiro atoms. The van der Waals surface area contributed by atoms with Crippen LogP contribution in [-0.2, 0) is 20.1 Å². The molecule has 3 nitrogen and oxygen atoms in total. The summed E-state index contributed by atoms with van der Waals surface area (Å²) >= 11 is 3.41. The maximum absolute atomic E-state index is 4.24. The van der Waals surface area contributed by atoms with Crippen molar-refractivity contribution in [3.63, 3.8) is 0 Å². The van der Waals surface area contributed by atoms with Gasteiger partial charge < -0.3 is 15.0 Å². The molecule has 6 rings (SSSR count). The number of hydrogen-bond donors (Lipinski definition) is 0. The molecule has 0 aliphatic heterocycles. The molecule has 0 saturated heterocycles. The Labute approximate surface area is 246 Å². The van der Waals surface area contributed by atoms with Crippen molar-refractivity contribution in [1.29, 1.82) is 0 Å². The van der Waals surface area contributed by atoms with E-state index in [9.17, 15) is 0 Å². The van der Waals surface area contributed by atoms with Crippen molar-refractivity contribution >= 4 is 15.9 Å². The van der Waals surface area contributed by atoms with Gasteiger partial charge >= 0.3 is 20.1 Å². The summed E-state index contributed by atoms with van der Waals surface area (Å²) in [6.07, 6.45) is 5.36. The van der Waals surface area contributed by atoms with E-state index < -0.39 is 0 Å². The molecule has 38 heavy (non-hydrogen) atoms. The Morgan fingerprint density at radius 3 is 1.24 bits per heavy atom. The van der Waals surface area contributed by atoms with Gasteiger partial charge in [-0.15, -0.1) is 102 Å². The first-order chi connectivity index (χ1) is 18.3. The number of aromatic nitrogens is 3. The summed E-state index contributed by atoms with van der Waals surface area (Å²) in [5.41, 5.74) is 5.98. The van der Waals surface area contributed by atoms with Gasteiger partial charge in [0.05, 0.1) is 0 Å². The van der Waals surface area contributed by atoms with Gasteiger partial charge in [-0.1, -0.05) is 56.8 Å². The summed E-state index contributed by atoms with van der Waals surface area (Å²) in [5, 5.41) is 0. The molecule has 6 aromatic rings. The SMILES string of the molecule is Brc1cc[c-]c(-c2ccccn2)c1.[Ir+3].[c-]1ccccc1-c1ccccn1.[c-]1ccccc1-c1ccccn1. The molecule has 3 aromatic carbocycles. The van der Waals surface area contributed by atoms with Crippen LogP contribution in [0.15, 0.2) is 144 Å². The molecule has 186 valence electrons. The third-order valence-electron chi connectivity index (χ3n) is 5.00. The molecule has 0 aliphatic carbocycles. The number of nitrogens with zero attached hydrogens (tertiary/aromatic N) is 3. The second kappa shape index (κ2) is 16.2. The molecule has 0 amide bonds. The summed E-state index contributed by atoms with van der Waals surface area (Å²) in [6, 6.07) is 48.4. The smallest absolute Gasteiger partial charge is 0.305 e. The van der Waals surface area contributed by atoms with Gasteiger partial charge in [-0.2, -0.15) is 0 Å². The Morgan fingerprint density at radius 1 is 0.447 bits per heavy atom. The Bertz CT molecular complexity index is 1300. The van der Waals surface area contributed by atoms with Crippen LogP contribution >= 0.6 is 15.9 Å². The predicted octanol–water partition coefficient (Wildman–Crippen LogP) is 8.41. The Hall–Kier alpha value is -3.76. The van der Waals surface area contributed by atoms with E-state index in [2.05, 4.69) is 49.1 Å². The maximum Gasteiger partial charge on any atom is 3.00 e. The third-order valence-corrected chi connectivity index (χ3v) is 5.50. The van der Waals surface area contributed by atoms with Gasteiger partial charge in [0.15, 0.2) is 0 Å². The summed E-state index contributed by atoms with van der Waals surface area (Å²) < 4.78 is 1.05. The summed E-state index contributed by atoms with van der Waals surface area (Å²) in [7, 11) is 0. The zero-order valence-electron chi connectivity index (χ0n) is 20.3. The van der Waals surface area contributed by atoms with Crippen LogP contribution in [0.4, 0.5) is 0 Å². The molecule has 3 heterocycles. The number of halogens is 1. The molecule has 0 bridgehead atoms. The van der Waals surface area contributed by atoms with Gasteiger partial charge in [-0.05, 0) is 35.3 Å². The van der Waals surface area contributed by atoms with Crippen molar-refractivity contribution in [2.45, 2.75) is 0 Å². The molecule has 0 saturated carbocycles. The Morgan fingerprint density at radius 2 is 0.868 bits per heavy atom. The number of hydrogen-bond acceptors (Lipinski definition) is 3. The van der Waals surface area contributed by atoms with Crippen LogP contribution in [0.5, 0.6) is 0 Å². The Kier molecular flexibility index (Phi) is 12.2. The van der Waals surface area contributed by atoms with Crippen LogP contribution in [0.3, 0.4) is 0 Å². The van der Waals surface area contributed by atoms with Crippen LogP contribution in [0.1, 0.15) is 0 Å². The molecule has 0 radical (unpaired) electrons. The second-order valence-corrected chi connectivity index (χ2v) is 8.53. The standard InChI is InChI=1S/C11H7BrN.2C11H8N.Ir/c12-10-5-3-4-9(8-10)11-6-1-2-7-13-11;2*1-2-6-10(7-3-1)11-8-4-5-9-12-11;/h1-3,5-8H;2*1-6,8-9H;/q3*-1;+3. The average molecular weight is 734 g/mol. The predicted molar refractivity (Wildman–Crippen MR) is 153 cm³/mol. The number of benzene rings is 3. The molecule has 5 heteroatoms.